The van der Waals surface area contributed by atoms with Crippen molar-refractivity contribution < 1.29 is 4.74 Å². The number of anilines is 1. The molecule has 1 aliphatic heterocycles. The number of nitrogens with zero attached hydrogens (tertiary/aromatic N) is 2. The van der Waals surface area contributed by atoms with E-state index in [1.54, 1.807) is 7.11 Å². The Morgan fingerprint density at radius 3 is 2.73 bits per heavy atom. The van der Waals surface area contributed by atoms with Crippen LogP contribution < -0.4 is 15.5 Å². The van der Waals surface area contributed by atoms with Crippen molar-refractivity contribution >= 4 is 51.6 Å². The lowest BCUT2D eigenvalue weighted by Crippen LogP contribution is -2.44. The summed E-state index contributed by atoms with van der Waals surface area (Å²) >= 11 is 3.50. The minimum absolute atomic E-state index is 0. The first kappa shape index (κ1) is 23.5. The van der Waals surface area contributed by atoms with Crippen LogP contribution >= 0.6 is 39.9 Å². The van der Waals surface area contributed by atoms with Crippen LogP contribution in [-0.2, 0) is 4.74 Å². The van der Waals surface area contributed by atoms with Crippen molar-refractivity contribution in [3.05, 3.63) is 28.7 Å². The van der Waals surface area contributed by atoms with E-state index in [1.807, 2.05) is 0 Å². The van der Waals surface area contributed by atoms with Gasteiger partial charge in [-0.1, -0.05) is 15.9 Å². The lowest BCUT2D eigenvalue weighted by molar-refractivity contribution is 0.192. The summed E-state index contributed by atoms with van der Waals surface area (Å²) in [6, 6.07) is 8.99. The van der Waals surface area contributed by atoms with Gasteiger partial charge in [0.15, 0.2) is 5.96 Å². The van der Waals surface area contributed by atoms with Gasteiger partial charge in [-0.15, -0.1) is 24.0 Å². The maximum Gasteiger partial charge on any atom is 0.191 e. The van der Waals surface area contributed by atoms with Gasteiger partial charge in [-0.05, 0) is 56.9 Å². The Labute approximate surface area is 183 Å². The van der Waals surface area contributed by atoms with Gasteiger partial charge in [0.25, 0.3) is 0 Å². The second-order valence-electron chi connectivity index (χ2n) is 6.37. The van der Waals surface area contributed by atoms with Crippen molar-refractivity contribution in [2.24, 2.45) is 4.99 Å². The van der Waals surface area contributed by atoms with Crippen LogP contribution in [0.25, 0.3) is 0 Å². The van der Waals surface area contributed by atoms with Gasteiger partial charge in [-0.3, -0.25) is 4.99 Å². The molecule has 7 heteroatoms. The summed E-state index contributed by atoms with van der Waals surface area (Å²) in [5.41, 5.74) is 1.28. The molecule has 26 heavy (non-hydrogen) atoms. The highest BCUT2D eigenvalue weighted by molar-refractivity contribution is 14.0. The number of benzene rings is 1. The van der Waals surface area contributed by atoms with E-state index < -0.39 is 0 Å². The van der Waals surface area contributed by atoms with Gasteiger partial charge in [0.1, 0.15) is 0 Å². The monoisotopic (exact) mass is 538 g/mol. The number of hydrogen-bond donors (Lipinski definition) is 2. The van der Waals surface area contributed by atoms with Crippen molar-refractivity contribution in [3.8, 4) is 0 Å². The summed E-state index contributed by atoms with van der Waals surface area (Å²) in [5.74, 6) is 0.942. The third-order valence-electron chi connectivity index (χ3n) is 4.34. The molecular formula is C19H32BrIN4O. The number of guanidine groups is 1. The highest BCUT2D eigenvalue weighted by atomic mass is 127. The van der Waals surface area contributed by atoms with E-state index in [0.717, 1.165) is 68.9 Å². The van der Waals surface area contributed by atoms with Gasteiger partial charge in [0.2, 0.25) is 0 Å². The summed E-state index contributed by atoms with van der Waals surface area (Å²) in [7, 11) is 1.75. The number of hydrogen-bond acceptors (Lipinski definition) is 3. The Balaban J connectivity index is 0.00000338. The Morgan fingerprint density at radius 1 is 1.27 bits per heavy atom. The fourth-order valence-corrected chi connectivity index (χ4v) is 3.27. The molecule has 0 radical (unpaired) electrons. The van der Waals surface area contributed by atoms with Gasteiger partial charge in [-0.25, -0.2) is 0 Å². The standard InChI is InChI=1S/C19H31BrN4O.HI/c1-3-21-19(22-12-5-4-6-14-25-2)23-17-11-13-24(15-17)18-9-7-16(20)8-10-18;/h7-10,17H,3-6,11-15H2,1-2H3,(H2,21,22,23);1H. The molecule has 0 amide bonds. The van der Waals surface area contributed by atoms with Crippen molar-refractivity contribution in [2.45, 2.75) is 38.6 Å². The molecule has 0 spiro atoms. The highest BCUT2D eigenvalue weighted by Gasteiger charge is 2.23. The third-order valence-corrected chi connectivity index (χ3v) is 4.87. The van der Waals surface area contributed by atoms with Crippen LogP contribution in [0, 0.1) is 0 Å². The molecule has 5 nitrogen and oxygen atoms in total. The van der Waals surface area contributed by atoms with Crippen LogP contribution in [0.4, 0.5) is 5.69 Å². The highest BCUT2D eigenvalue weighted by Crippen LogP contribution is 2.22. The zero-order chi connectivity index (χ0) is 17.9. The molecule has 1 unspecified atom stereocenters. The van der Waals surface area contributed by atoms with Crippen molar-refractivity contribution in [2.75, 3.05) is 44.8 Å². The average Bonchev–Trinajstić information content (AvgIpc) is 3.07. The van der Waals surface area contributed by atoms with Gasteiger partial charge in [0, 0.05) is 56.1 Å². The normalized spacial score (nSPS) is 17.1. The molecule has 1 aromatic rings. The number of nitrogens with one attached hydrogen (secondary N) is 2. The minimum Gasteiger partial charge on any atom is -0.385 e. The van der Waals surface area contributed by atoms with Crippen LogP contribution in [0.1, 0.15) is 32.6 Å². The number of ether oxygens (including phenoxy) is 1. The second-order valence-corrected chi connectivity index (χ2v) is 7.28. The fraction of sp³-hybridized carbons (Fsp3) is 0.632. The SMILES string of the molecule is CCNC(=NCCCCCOC)NC1CCN(c2ccc(Br)cc2)C1.I. The Morgan fingerprint density at radius 2 is 2.04 bits per heavy atom. The van der Waals surface area contributed by atoms with Gasteiger partial charge in [-0.2, -0.15) is 0 Å². The van der Waals surface area contributed by atoms with Gasteiger partial charge in [0.05, 0.1) is 0 Å². The molecule has 148 valence electrons. The van der Waals surface area contributed by atoms with Crippen molar-refractivity contribution in [1.29, 1.82) is 0 Å². The third kappa shape index (κ3) is 8.43. The maximum atomic E-state index is 5.08. The summed E-state index contributed by atoms with van der Waals surface area (Å²) in [5, 5.41) is 6.96. The zero-order valence-corrected chi connectivity index (χ0v) is 19.8. The number of aliphatic imine (C=N–C) groups is 1. The van der Waals surface area contributed by atoms with Crippen LogP contribution in [0.15, 0.2) is 33.7 Å². The van der Waals surface area contributed by atoms with Crippen molar-refractivity contribution in [3.63, 3.8) is 0 Å². The van der Waals surface area contributed by atoms with Crippen LogP contribution in [0.3, 0.4) is 0 Å². The van der Waals surface area contributed by atoms with Crippen molar-refractivity contribution in [1.82, 2.24) is 10.6 Å². The number of rotatable bonds is 9. The number of methoxy groups -OCH3 is 1. The molecule has 1 fully saturated rings. The second kappa shape index (κ2) is 13.6. The molecular weight excluding hydrogens is 507 g/mol. The van der Waals surface area contributed by atoms with E-state index in [2.05, 4.69) is 62.7 Å². The first-order valence-electron chi connectivity index (χ1n) is 9.27. The topological polar surface area (TPSA) is 48.9 Å². The predicted molar refractivity (Wildman–Crippen MR) is 125 cm³/mol. The molecule has 1 aliphatic rings. The van der Waals surface area contributed by atoms with E-state index in [4.69, 9.17) is 9.73 Å². The van der Waals surface area contributed by atoms with E-state index in [-0.39, 0.29) is 24.0 Å². The molecule has 2 N–H and O–H groups in total. The largest absolute Gasteiger partial charge is 0.385 e. The molecule has 0 aromatic heterocycles. The van der Waals surface area contributed by atoms with Gasteiger partial charge >= 0.3 is 0 Å². The fourth-order valence-electron chi connectivity index (χ4n) is 3.00. The number of unbranched alkanes of at least 4 members (excludes halogenated alkanes) is 2. The lowest BCUT2D eigenvalue weighted by atomic mass is 10.2. The van der Waals surface area contributed by atoms with E-state index in [0.29, 0.717) is 6.04 Å². The lowest BCUT2D eigenvalue weighted by Gasteiger charge is -2.20. The van der Waals surface area contributed by atoms with E-state index in [1.165, 1.54) is 5.69 Å². The molecule has 1 aromatic carbocycles. The smallest absolute Gasteiger partial charge is 0.191 e. The average molecular weight is 539 g/mol. The quantitative estimate of drug-likeness (QED) is 0.216. The minimum atomic E-state index is 0. The van der Waals surface area contributed by atoms with Gasteiger partial charge < -0.3 is 20.3 Å². The molecule has 0 aliphatic carbocycles. The number of halogens is 2. The Bertz CT molecular complexity index is 527. The molecule has 0 bridgehead atoms. The zero-order valence-electron chi connectivity index (χ0n) is 15.8. The summed E-state index contributed by atoms with van der Waals surface area (Å²) in [6.45, 7) is 6.80. The van der Waals surface area contributed by atoms with Crippen LogP contribution in [0.2, 0.25) is 0 Å². The molecule has 2 rings (SSSR count). The maximum absolute atomic E-state index is 5.08. The molecule has 1 atom stereocenters. The first-order chi connectivity index (χ1) is 12.2. The molecule has 1 saturated heterocycles. The Hall–Kier alpha value is -0.540. The van der Waals surface area contributed by atoms with Crippen LogP contribution in [0.5, 0.6) is 0 Å². The van der Waals surface area contributed by atoms with E-state index in [9.17, 15) is 0 Å². The molecule has 0 saturated carbocycles. The summed E-state index contributed by atoms with van der Waals surface area (Å²) in [4.78, 5) is 7.14. The van der Waals surface area contributed by atoms with E-state index >= 15 is 0 Å². The summed E-state index contributed by atoms with van der Waals surface area (Å²) < 4.78 is 6.20. The Kier molecular flexibility index (Phi) is 12.3. The van der Waals surface area contributed by atoms with Crippen LogP contribution in [-0.4, -0.2) is 51.9 Å². The predicted octanol–water partition coefficient (Wildman–Crippen LogP) is 4.02. The first-order valence-corrected chi connectivity index (χ1v) is 10.1. The molecule has 1 heterocycles. The summed E-state index contributed by atoms with van der Waals surface area (Å²) in [6.07, 6.45) is 4.52.